The van der Waals surface area contributed by atoms with Crippen LogP contribution in [0, 0.1) is 0 Å². The van der Waals surface area contributed by atoms with Crippen LogP contribution in [0.3, 0.4) is 0 Å². The second kappa shape index (κ2) is 5.85. The number of ether oxygens (including phenoxy) is 1. The van der Waals surface area contributed by atoms with Crippen molar-refractivity contribution in [2.45, 2.75) is 51.6 Å². The number of ketones is 1. The third kappa shape index (κ3) is 3.88. The van der Waals surface area contributed by atoms with E-state index in [2.05, 4.69) is 6.92 Å². The van der Waals surface area contributed by atoms with Crippen molar-refractivity contribution in [2.75, 3.05) is 0 Å². The predicted octanol–water partition coefficient (Wildman–Crippen LogP) is 3.99. The molecule has 1 aliphatic carbocycles. The molecule has 0 N–H and O–H groups in total. The van der Waals surface area contributed by atoms with Gasteiger partial charge < -0.3 is 4.74 Å². The number of hydrogen-bond acceptors (Lipinski definition) is 2. The van der Waals surface area contributed by atoms with Gasteiger partial charge in [-0.1, -0.05) is 19.8 Å². The molecule has 0 amide bonds. The van der Waals surface area contributed by atoms with Crippen LogP contribution < -0.4 is 4.74 Å². The molecule has 1 fully saturated rings. The van der Waals surface area contributed by atoms with E-state index in [1.54, 1.807) is 0 Å². The zero-order valence-corrected chi connectivity index (χ0v) is 10.4. The Bertz CT molecular complexity index is 363. The van der Waals surface area contributed by atoms with Gasteiger partial charge in [-0.3, -0.25) is 4.79 Å². The highest BCUT2D eigenvalue weighted by Gasteiger charge is 2.23. The maximum Gasteiger partial charge on any atom is 0.162 e. The third-order valence-electron chi connectivity index (χ3n) is 3.01. The first kappa shape index (κ1) is 12.2. The van der Waals surface area contributed by atoms with E-state index in [-0.39, 0.29) is 5.78 Å². The van der Waals surface area contributed by atoms with E-state index in [1.807, 2.05) is 24.3 Å². The van der Waals surface area contributed by atoms with Crippen LogP contribution in [0.15, 0.2) is 24.3 Å². The predicted molar refractivity (Wildman–Crippen MR) is 68.6 cm³/mol. The van der Waals surface area contributed by atoms with Gasteiger partial charge in [-0.25, -0.2) is 0 Å². The molecular formula is C15H20O2. The lowest BCUT2D eigenvalue weighted by molar-refractivity contribution is 0.0979. The summed E-state index contributed by atoms with van der Waals surface area (Å²) in [5, 5.41) is 0. The molecule has 17 heavy (non-hydrogen) atoms. The van der Waals surface area contributed by atoms with Crippen molar-refractivity contribution in [1.82, 2.24) is 0 Å². The first-order valence-electron chi connectivity index (χ1n) is 6.59. The van der Waals surface area contributed by atoms with Crippen LogP contribution in [0.4, 0.5) is 0 Å². The molecule has 2 rings (SSSR count). The Morgan fingerprint density at radius 1 is 1.24 bits per heavy atom. The Labute approximate surface area is 103 Å². The summed E-state index contributed by atoms with van der Waals surface area (Å²) in [6, 6.07) is 7.58. The lowest BCUT2D eigenvalue weighted by Gasteiger charge is -2.05. The van der Waals surface area contributed by atoms with Crippen molar-refractivity contribution >= 4 is 5.78 Å². The summed E-state index contributed by atoms with van der Waals surface area (Å²) < 4.78 is 5.65. The standard InChI is InChI=1S/C15H20O2/c1-2-3-4-5-15(16)12-6-8-13(9-7-12)17-14-10-11-14/h6-9,14H,2-5,10-11H2,1H3. The molecule has 0 aliphatic heterocycles. The van der Waals surface area contributed by atoms with Gasteiger partial charge in [-0.2, -0.15) is 0 Å². The average molecular weight is 232 g/mol. The van der Waals surface area contributed by atoms with Crippen LogP contribution in [0.1, 0.15) is 55.8 Å². The van der Waals surface area contributed by atoms with Crippen molar-refractivity contribution in [1.29, 1.82) is 0 Å². The molecule has 1 saturated carbocycles. The molecule has 1 aromatic carbocycles. The van der Waals surface area contributed by atoms with Gasteiger partial charge in [0.1, 0.15) is 5.75 Å². The van der Waals surface area contributed by atoms with Crippen LogP contribution in [0.2, 0.25) is 0 Å². The Hall–Kier alpha value is -1.31. The van der Waals surface area contributed by atoms with E-state index in [4.69, 9.17) is 4.74 Å². The van der Waals surface area contributed by atoms with Crippen LogP contribution in [0.5, 0.6) is 5.75 Å². The fourth-order valence-electron chi connectivity index (χ4n) is 1.78. The number of carbonyl (C=O) groups excluding carboxylic acids is 1. The molecule has 0 radical (unpaired) electrons. The lowest BCUT2D eigenvalue weighted by Crippen LogP contribution is -2.00. The Kier molecular flexibility index (Phi) is 4.18. The molecule has 2 nitrogen and oxygen atoms in total. The molecule has 2 heteroatoms. The van der Waals surface area contributed by atoms with Crippen molar-refractivity contribution in [2.24, 2.45) is 0 Å². The number of benzene rings is 1. The monoisotopic (exact) mass is 232 g/mol. The van der Waals surface area contributed by atoms with Gasteiger partial charge in [0.15, 0.2) is 5.78 Å². The van der Waals surface area contributed by atoms with Crippen LogP contribution >= 0.6 is 0 Å². The summed E-state index contributed by atoms with van der Waals surface area (Å²) in [7, 11) is 0. The minimum absolute atomic E-state index is 0.247. The highest BCUT2D eigenvalue weighted by molar-refractivity contribution is 5.96. The fourth-order valence-corrected chi connectivity index (χ4v) is 1.78. The normalized spacial score (nSPS) is 14.6. The van der Waals surface area contributed by atoms with Gasteiger partial charge in [0, 0.05) is 12.0 Å². The summed E-state index contributed by atoms with van der Waals surface area (Å²) in [6.07, 6.45) is 6.69. The molecule has 92 valence electrons. The molecule has 0 bridgehead atoms. The summed E-state index contributed by atoms with van der Waals surface area (Å²) in [6.45, 7) is 2.15. The zero-order chi connectivity index (χ0) is 12.1. The smallest absolute Gasteiger partial charge is 0.162 e. The topological polar surface area (TPSA) is 26.3 Å². The molecule has 0 heterocycles. The van der Waals surface area contributed by atoms with Gasteiger partial charge >= 0.3 is 0 Å². The molecule has 1 aliphatic rings. The number of carbonyl (C=O) groups is 1. The van der Waals surface area contributed by atoms with Crippen LogP contribution in [-0.4, -0.2) is 11.9 Å². The summed E-state index contributed by atoms with van der Waals surface area (Å²) >= 11 is 0. The largest absolute Gasteiger partial charge is 0.490 e. The van der Waals surface area contributed by atoms with Crippen molar-refractivity contribution in [3.63, 3.8) is 0 Å². The van der Waals surface area contributed by atoms with Crippen molar-refractivity contribution in [3.05, 3.63) is 29.8 Å². The average Bonchev–Trinajstić information content (AvgIpc) is 3.14. The lowest BCUT2D eigenvalue weighted by atomic mass is 10.0. The van der Waals surface area contributed by atoms with E-state index in [1.165, 1.54) is 0 Å². The molecule has 0 spiro atoms. The molecule has 0 saturated heterocycles. The van der Waals surface area contributed by atoms with E-state index in [0.717, 1.165) is 43.4 Å². The molecule has 1 aromatic rings. The summed E-state index contributed by atoms with van der Waals surface area (Å²) in [4.78, 5) is 11.8. The number of rotatable bonds is 7. The minimum Gasteiger partial charge on any atom is -0.490 e. The number of unbranched alkanes of at least 4 members (excludes halogenated alkanes) is 2. The van der Waals surface area contributed by atoms with Gasteiger partial charge in [0.2, 0.25) is 0 Å². The minimum atomic E-state index is 0.247. The molecule has 0 atom stereocenters. The van der Waals surface area contributed by atoms with Crippen LogP contribution in [-0.2, 0) is 0 Å². The number of Topliss-reactive ketones (excluding diaryl/α,β-unsaturated/α-hetero) is 1. The third-order valence-corrected chi connectivity index (χ3v) is 3.01. The van der Waals surface area contributed by atoms with Crippen molar-refractivity contribution < 1.29 is 9.53 Å². The highest BCUT2D eigenvalue weighted by atomic mass is 16.5. The van der Waals surface area contributed by atoms with Crippen molar-refractivity contribution in [3.8, 4) is 5.75 Å². The SMILES string of the molecule is CCCCCC(=O)c1ccc(OC2CC2)cc1. The van der Waals surface area contributed by atoms with E-state index < -0.39 is 0 Å². The molecule has 0 unspecified atom stereocenters. The number of hydrogen-bond donors (Lipinski definition) is 0. The summed E-state index contributed by atoms with van der Waals surface area (Å²) in [5.74, 6) is 1.13. The second-order valence-electron chi connectivity index (χ2n) is 4.72. The zero-order valence-electron chi connectivity index (χ0n) is 10.4. The first-order chi connectivity index (χ1) is 8.29. The first-order valence-corrected chi connectivity index (χ1v) is 6.59. The second-order valence-corrected chi connectivity index (χ2v) is 4.72. The molecular weight excluding hydrogens is 212 g/mol. The summed E-state index contributed by atoms with van der Waals surface area (Å²) in [5.41, 5.74) is 0.809. The van der Waals surface area contributed by atoms with Crippen LogP contribution in [0.25, 0.3) is 0 Å². The quantitative estimate of drug-likeness (QED) is 0.525. The molecule has 0 aromatic heterocycles. The highest BCUT2D eigenvalue weighted by Crippen LogP contribution is 2.26. The van der Waals surface area contributed by atoms with Gasteiger partial charge in [0.25, 0.3) is 0 Å². The maximum atomic E-state index is 11.8. The van der Waals surface area contributed by atoms with Gasteiger partial charge in [-0.05, 0) is 43.5 Å². The Balaban J connectivity index is 1.85. The van der Waals surface area contributed by atoms with Gasteiger partial charge in [0.05, 0.1) is 6.10 Å². The fraction of sp³-hybridized carbons (Fsp3) is 0.533. The van der Waals surface area contributed by atoms with E-state index >= 15 is 0 Å². The Morgan fingerprint density at radius 2 is 1.94 bits per heavy atom. The Morgan fingerprint density at radius 3 is 2.53 bits per heavy atom. The van der Waals surface area contributed by atoms with E-state index in [0.29, 0.717) is 12.5 Å². The van der Waals surface area contributed by atoms with E-state index in [9.17, 15) is 4.79 Å². The maximum absolute atomic E-state index is 11.8. The van der Waals surface area contributed by atoms with Gasteiger partial charge in [-0.15, -0.1) is 0 Å².